The molecule has 1 aliphatic carbocycles. The first-order valence-electron chi connectivity index (χ1n) is 5.66. The third-order valence-electron chi connectivity index (χ3n) is 3.79. The number of aliphatic carboxylic acids is 1. The topological polar surface area (TPSA) is 71.4 Å². The number of hydrogen-bond acceptors (Lipinski definition) is 3. The lowest BCUT2D eigenvalue weighted by Gasteiger charge is -2.43. The first kappa shape index (κ1) is 13.9. The Labute approximate surface area is 109 Å². The van der Waals surface area contributed by atoms with Crippen LogP contribution < -0.4 is 0 Å². The molecule has 19 heavy (non-hydrogen) atoms. The van der Waals surface area contributed by atoms with Crippen molar-refractivity contribution in [3.8, 4) is 0 Å². The Bertz CT molecular complexity index is 641. The Kier molecular flexibility index (Phi) is 3.12. The summed E-state index contributed by atoms with van der Waals surface area (Å²) >= 11 is 0. The molecular weight excluding hydrogens is 278 g/mol. The highest BCUT2D eigenvalue weighted by Crippen LogP contribution is 2.47. The molecule has 0 saturated heterocycles. The van der Waals surface area contributed by atoms with Crippen molar-refractivity contribution in [2.24, 2.45) is 5.92 Å². The second-order valence-electron chi connectivity index (χ2n) is 4.71. The van der Waals surface area contributed by atoms with Gasteiger partial charge in [-0.3, -0.25) is 4.79 Å². The second-order valence-corrected chi connectivity index (χ2v) is 6.92. The predicted molar refractivity (Wildman–Crippen MR) is 62.3 cm³/mol. The number of sulfone groups is 1. The van der Waals surface area contributed by atoms with Crippen LogP contribution in [0.5, 0.6) is 0 Å². The molecule has 0 amide bonds. The molecule has 104 valence electrons. The maximum Gasteiger partial charge on any atom is 0.325 e. The minimum Gasteiger partial charge on any atom is -0.480 e. The highest BCUT2D eigenvalue weighted by atomic mass is 32.2. The van der Waals surface area contributed by atoms with Crippen molar-refractivity contribution >= 4 is 15.8 Å². The largest absolute Gasteiger partial charge is 0.480 e. The van der Waals surface area contributed by atoms with Gasteiger partial charge < -0.3 is 5.11 Å². The van der Waals surface area contributed by atoms with Crippen molar-refractivity contribution in [2.75, 3.05) is 0 Å². The number of benzene rings is 1. The molecule has 0 aliphatic heterocycles. The normalized spacial score (nSPS) is 26.8. The summed E-state index contributed by atoms with van der Waals surface area (Å²) in [6, 6.07) is 2.10. The molecule has 0 aromatic heterocycles. The highest BCUT2D eigenvalue weighted by Gasteiger charge is 2.61. The van der Waals surface area contributed by atoms with Gasteiger partial charge in [0.2, 0.25) is 0 Å². The zero-order valence-corrected chi connectivity index (χ0v) is 10.9. The van der Waals surface area contributed by atoms with Gasteiger partial charge in [0.05, 0.1) is 4.90 Å². The number of rotatable bonds is 3. The number of halogens is 2. The zero-order valence-electron chi connectivity index (χ0n) is 10.1. The molecule has 1 aromatic rings. The Morgan fingerprint density at radius 2 is 2.00 bits per heavy atom. The van der Waals surface area contributed by atoms with Gasteiger partial charge in [-0.2, -0.15) is 0 Å². The van der Waals surface area contributed by atoms with Crippen LogP contribution in [0, 0.1) is 17.6 Å². The van der Waals surface area contributed by atoms with Gasteiger partial charge in [-0.1, -0.05) is 6.92 Å². The van der Waals surface area contributed by atoms with E-state index in [1.165, 1.54) is 6.92 Å². The minimum atomic E-state index is -4.26. The lowest BCUT2D eigenvalue weighted by atomic mass is 9.74. The summed E-state index contributed by atoms with van der Waals surface area (Å²) in [6.07, 6.45) is 0.444. The molecule has 1 saturated carbocycles. The van der Waals surface area contributed by atoms with Crippen molar-refractivity contribution in [2.45, 2.75) is 29.4 Å². The first-order chi connectivity index (χ1) is 8.73. The number of hydrogen-bond donors (Lipinski definition) is 1. The van der Waals surface area contributed by atoms with E-state index in [0.717, 1.165) is 6.07 Å². The summed E-state index contributed by atoms with van der Waals surface area (Å²) in [5.74, 6) is -4.50. The maximum absolute atomic E-state index is 13.1. The van der Waals surface area contributed by atoms with E-state index in [-0.39, 0.29) is 6.42 Å². The molecule has 1 aromatic carbocycles. The van der Waals surface area contributed by atoms with Crippen LogP contribution in [0.15, 0.2) is 23.1 Å². The van der Waals surface area contributed by atoms with Crippen LogP contribution in [0.3, 0.4) is 0 Å². The number of carboxylic acid groups (broad SMARTS) is 1. The summed E-state index contributed by atoms with van der Waals surface area (Å²) in [6.45, 7) is 1.52. The molecule has 1 fully saturated rings. The lowest BCUT2D eigenvalue weighted by Crippen LogP contribution is -2.58. The van der Waals surface area contributed by atoms with Crippen LogP contribution in [0.4, 0.5) is 8.78 Å². The molecule has 1 aliphatic rings. The molecule has 2 rings (SSSR count). The van der Waals surface area contributed by atoms with Crippen LogP contribution in [-0.2, 0) is 14.6 Å². The summed E-state index contributed by atoms with van der Waals surface area (Å²) in [7, 11) is -4.26. The Morgan fingerprint density at radius 1 is 1.37 bits per heavy atom. The zero-order chi connectivity index (χ0) is 14.4. The number of carboxylic acids is 1. The summed E-state index contributed by atoms with van der Waals surface area (Å²) in [5, 5.41) is 9.23. The average molecular weight is 290 g/mol. The number of carbonyl (C=O) groups is 1. The summed E-state index contributed by atoms with van der Waals surface area (Å²) in [4.78, 5) is 10.8. The Balaban J connectivity index is 2.59. The van der Waals surface area contributed by atoms with E-state index in [2.05, 4.69) is 0 Å². The van der Waals surface area contributed by atoms with Crippen LogP contribution in [0.2, 0.25) is 0 Å². The van der Waals surface area contributed by atoms with E-state index in [0.29, 0.717) is 18.6 Å². The maximum atomic E-state index is 13.1. The van der Waals surface area contributed by atoms with Gasteiger partial charge in [-0.15, -0.1) is 0 Å². The van der Waals surface area contributed by atoms with Gasteiger partial charge in [0.15, 0.2) is 26.2 Å². The molecule has 0 heterocycles. The Morgan fingerprint density at radius 3 is 2.37 bits per heavy atom. The predicted octanol–water partition coefficient (Wildman–Crippen LogP) is 1.99. The quantitative estimate of drug-likeness (QED) is 0.864. The van der Waals surface area contributed by atoms with E-state index in [1.807, 2.05) is 0 Å². The van der Waals surface area contributed by atoms with Gasteiger partial charge in [-0.05, 0) is 37.0 Å². The molecule has 1 N–H and O–H groups in total. The van der Waals surface area contributed by atoms with Crippen LogP contribution >= 0.6 is 0 Å². The van der Waals surface area contributed by atoms with Crippen molar-refractivity contribution in [3.05, 3.63) is 29.8 Å². The van der Waals surface area contributed by atoms with Crippen LogP contribution in [0.1, 0.15) is 19.8 Å². The van der Waals surface area contributed by atoms with E-state index in [9.17, 15) is 27.1 Å². The van der Waals surface area contributed by atoms with Gasteiger partial charge >= 0.3 is 5.97 Å². The molecular formula is C12H12F2O4S. The molecule has 4 nitrogen and oxygen atoms in total. The van der Waals surface area contributed by atoms with Crippen molar-refractivity contribution in [1.82, 2.24) is 0 Å². The van der Waals surface area contributed by atoms with E-state index in [4.69, 9.17) is 0 Å². The second kappa shape index (κ2) is 4.26. The van der Waals surface area contributed by atoms with Crippen molar-refractivity contribution in [3.63, 3.8) is 0 Å². The van der Waals surface area contributed by atoms with E-state index in [1.54, 1.807) is 0 Å². The van der Waals surface area contributed by atoms with Crippen molar-refractivity contribution in [1.29, 1.82) is 0 Å². The molecule has 0 bridgehead atoms. The fourth-order valence-corrected chi connectivity index (χ4v) is 4.57. The average Bonchev–Trinajstić information content (AvgIpc) is 2.30. The minimum absolute atomic E-state index is 0.0230. The van der Waals surface area contributed by atoms with Gasteiger partial charge in [0.25, 0.3) is 0 Å². The molecule has 7 heteroatoms. The third-order valence-corrected chi connectivity index (χ3v) is 6.40. The lowest BCUT2D eigenvalue weighted by molar-refractivity contribution is -0.144. The van der Waals surface area contributed by atoms with Crippen molar-refractivity contribution < 1.29 is 27.1 Å². The van der Waals surface area contributed by atoms with Gasteiger partial charge in [-0.25, -0.2) is 17.2 Å². The third kappa shape index (κ3) is 1.75. The SMILES string of the molecule is CC1CCC1(C(=O)O)S(=O)(=O)c1ccc(F)c(F)c1. The van der Waals surface area contributed by atoms with E-state index < -0.39 is 43.0 Å². The van der Waals surface area contributed by atoms with Crippen LogP contribution in [0.25, 0.3) is 0 Å². The standard InChI is InChI=1S/C12H12F2O4S/c1-7-4-5-12(7,11(15)16)19(17,18)8-2-3-9(13)10(14)6-8/h2-3,6-7H,4-5H2,1H3,(H,15,16). The highest BCUT2D eigenvalue weighted by molar-refractivity contribution is 7.93. The van der Waals surface area contributed by atoms with Gasteiger partial charge in [0.1, 0.15) is 0 Å². The van der Waals surface area contributed by atoms with Gasteiger partial charge in [0, 0.05) is 0 Å². The molecule has 2 atom stereocenters. The summed E-state index contributed by atoms with van der Waals surface area (Å²) in [5.41, 5.74) is 0. The smallest absolute Gasteiger partial charge is 0.325 e. The first-order valence-corrected chi connectivity index (χ1v) is 7.15. The fourth-order valence-electron chi connectivity index (χ4n) is 2.38. The molecule has 0 radical (unpaired) electrons. The fraction of sp³-hybridized carbons (Fsp3) is 0.417. The van der Waals surface area contributed by atoms with Crippen LogP contribution in [-0.4, -0.2) is 24.2 Å². The molecule has 0 spiro atoms. The van der Waals surface area contributed by atoms with E-state index >= 15 is 0 Å². The Hall–Kier alpha value is -1.50. The summed E-state index contributed by atoms with van der Waals surface area (Å²) < 4.78 is 48.8. The monoisotopic (exact) mass is 290 g/mol. The molecule has 2 unspecified atom stereocenters.